The van der Waals surface area contributed by atoms with E-state index in [9.17, 15) is 0 Å². The third-order valence-electron chi connectivity index (χ3n) is 3.57. The average Bonchev–Trinajstić information content (AvgIpc) is 2.51. The van der Waals surface area contributed by atoms with Crippen molar-refractivity contribution in [1.29, 1.82) is 0 Å². The van der Waals surface area contributed by atoms with Crippen LogP contribution in [0.3, 0.4) is 0 Å². The smallest absolute Gasteiger partial charge is 0.0459 e. The van der Waals surface area contributed by atoms with Crippen molar-refractivity contribution < 1.29 is 0 Å². The number of nitrogens with zero attached hydrogens (tertiary/aromatic N) is 1. The Hall–Kier alpha value is -1.51. The van der Waals surface area contributed by atoms with Crippen molar-refractivity contribution in [1.82, 2.24) is 0 Å². The van der Waals surface area contributed by atoms with Gasteiger partial charge in [0.2, 0.25) is 0 Å². The van der Waals surface area contributed by atoms with Crippen molar-refractivity contribution in [2.24, 2.45) is 5.73 Å². The molecule has 112 valence electrons. The number of hydrogen-bond acceptors (Lipinski definition) is 2. The van der Waals surface area contributed by atoms with E-state index in [1.54, 1.807) is 0 Å². The highest BCUT2D eigenvalue weighted by molar-refractivity contribution is 6.31. The van der Waals surface area contributed by atoms with Gasteiger partial charge in [-0.1, -0.05) is 49.2 Å². The number of unbranched alkanes of at least 4 members (excludes halogenated alkanes) is 1. The molecule has 2 N–H and O–H groups in total. The molecule has 0 saturated carbocycles. The molecule has 2 aromatic rings. The van der Waals surface area contributed by atoms with E-state index in [4.69, 9.17) is 17.3 Å². The standard InChI is InChI=1S/C18H23ClN2/c1-2-3-13-21(16-7-5-4-6-8-16)17-10-9-15(11-12-20)18(19)14-17/h4-10,14H,2-3,11-13,20H2,1H3. The van der Waals surface area contributed by atoms with Gasteiger partial charge in [-0.15, -0.1) is 0 Å². The van der Waals surface area contributed by atoms with Crippen molar-refractivity contribution in [3.05, 3.63) is 59.1 Å². The Balaban J connectivity index is 2.30. The molecule has 0 heterocycles. The van der Waals surface area contributed by atoms with Gasteiger partial charge in [0.25, 0.3) is 0 Å². The highest BCUT2D eigenvalue weighted by Gasteiger charge is 2.10. The molecule has 0 bridgehead atoms. The third kappa shape index (κ3) is 4.23. The van der Waals surface area contributed by atoms with Crippen LogP contribution in [0.5, 0.6) is 0 Å². The Morgan fingerprint density at radius 3 is 2.43 bits per heavy atom. The van der Waals surface area contributed by atoms with Crippen LogP contribution >= 0.6 is 11.6 Å². The van der Waals surface area contributed by atoms with Crippen molar-refractivity contribution in [2.45, 2.75) is 26.2 Å². The van der Waals surface area contributed by atoms with Crippen LogP contribution in [0.2, 0.25) is 5.02 Å². The van der Waals surface area contributed by atoms with Gasteiger partial charge in [-0.05, 0) is 49.2 Å². The van der Waals surface area contributed by atoms with Gasteiger partial charge in [0, 0.05) is 22.9 Å². The first kappa shape index (κ1) is 15.9. The summed E-state index contributed by atoms with van der Waals surface area (Å²) in [5.41, 5.74) is 9.07. The Kier molecular flexibility index (Phi) is 6.09. The van der Waals surface area contributed by atoms with Gasteiger partial charge in [-0.25, -0.2) is 0 Å². The summed E-state index contributed by atoms with van der Waals surface area (Å²) in [4.78, 5) is 2.32. The van der Waals surface area contributed by atoms with Gasteiger partial charge in [-0.2, -0.15) is 0 Å². The van der Waals surface area contributed by atoms with Crippen LogP contribution in [-0.2, 0) is 6.42 Å². The molecule has 0 spiro atoms. The molecule has 0 aromatic heterocycles. The maximum Gasteiger partial charge on any atom is 0.0459 e. The van der Waals surface area contributed by atoms with Gasteiger partial charge in [0.15, 0.2) is 0 Å². The maximum atomic E-state index is 6.39. The fourth-order valence-electron chi connectivity index (χ4n) is 2.39. The number of nitrogens with two attached hydrogens (primary N) is 1. The average molecular weight is 303 g/mol. The quantitative estimate of drug-likeness (QED) is 0.797. The van der Waals surface area contributed by atoms with Crippen LogP contribution in [0.4, 0.5) is 11.4 Å². The van der Waals surface area contributed by atoms with Crippen molar-refractivity contribution in [2.75, 3.05) is 18.0 Å². The molecule has 2 aromatic carbocycles. The predicted molar refractivity (Wildman–Crippen MR) is 92.6 cm³/mol. The van der Waals surface area contributed by atoms with Crippen LogP contribution in [-0.4, -0.2) is 13.1 Å². The monoisotopic (exact) mass is 302 g/mol. The summed E-state index contributed by atoms with van der Waals surface area (Å²) in [7, 11) is 0. The molecule has 2 nitrogen and oxygen atoms in total. The fourth-order valence-corrected chi connectivity index (χ4v) is 2.66. The summed E-state index contributed by atoms with van der Waals surface area (Å²) in [6.45, 7) is 3.82. The lowest BCUT2D eigenvalue weighted by Gasteiger charge is -2.25. The Morgan fingerprint density at radius 1 is 1.05 bits per heavy atom. The van der Waals surface area contributed by atoms with Crippen molar-refractivity contribution >= 4 is 23.0 Å². The Bertz CT molecular complexity index is 554. The molecule has 0 aliphatic rings. The minimum Gasteiger partial charge on any atom is -0.341 e. The van der Waals surface area contributed by atoms with Crippen molar-refractivity contribution in [3.63, 3.8) is 0 Å². The molecule has 0 radical (unpaired) electrons. The molecular formula is C18H23ClN2. The highest BCUT2D eigenvalue weighted by atomic mass is 35.5. The topological polar surface area (TPSA) is 29.3 Å². The van der Waals surface area contributed by atoms with Crippen LogP contribution in [0.25, 0.3) is 0 Å². The summed E-state index contributed by atoms with van der Waals surface area (Å²) in [6, 6.07) is 16.7. The normalized spacial score (nSPS) is 10.6. The van der Waals surface area contributed by atoms with Crippen LogP contribution < -0.4 is 10.6 Å². The first-order valence-corrected chi connectivity index (χ1v) is 7.95. The molecular weight excluding hydrogens is 280 g/mol. The minimum atomic E-state index is 0.622. The zero-order valence-corrected chi connectivity index (χ0v) is 13.3. The number of hydrogen-bond donors (Lipinski definition) is 1. The Labute approximate surface area is 132 Å². The first-order chi connectivity index (χ1) is 10.3. The molecule has 0 aliphatic carbocycles. The Morgan fingerprint density at radius 2 is 1.81 bits per heavy atom. The predicted octanol–water partition coefficient (Wildman–Crippen LogP) is 4.78. The van der Waals surface area contributed by atoms with E-state index >= 15 is 0 Å². The molecule has 0 unspecified atom stereocenters. The lowest BCUT2D eigenvalue weighted by molar-refractivity contribution is 0.785. The molecule has 21 heavy (non-hydrogen) atoms. The van der Waals surface area contributed by atoms with E-state index in [-0.39, 0.29) is 0 Å². The van der Waals surface area contributed by atoms with Gasteiger partial charge >= 0.3 is 0 Å². The number of halogens is 1. The van der Waals surface area contributed by atoms with E-state index < -0.39 is 0 Å². The zero-order valence-electron chi connectivity index (χ0n) is 12.6. The van der Waals surface area contributed by atoms with Gasteiger partial charge in [-0.3, -0.25) is 0 Å². The summed E-state index contributed by atoms with van der Waals surface area (Å²) in [6.07, 6.45) is 3.14. The van der Waals surface area contributed by atoms with Crippen LogP contribution in [0.15, 0.2) is 48.5 Å². The summed E-state index contributed by atoms with van der Waals surface area (Å²) >= 11 is 6.39. The van der Waals surface area contributed by atoms with E-state index in [2.05, 4.69) is 54.3 Å². The zero-order chi connectivity index (χ0) is 15.1. The molecule has 2 rings (SSSR count). The number of rotatable bonds is 7. The molecule has 0 atom stereocenters. The second-order valence-corrected chi connectivity index (χ2v) is 5.56. The maximum absolute atomic E-state index is 6.39. The number of para-hydroxylation sites is 1. The molecule has 0 saturated heterocycles. The van der Waals surface area contributed by atoms with Crippen LogP contribution in [0.1, 0.15) is 25.3 Å². The second kappa shape index (κ2) is 8.06. The second-order valence-electron chi connectivity index (χ2n) is 5.16. The number of benzene rings is 2. The fraction of sp³-hybridized carbons (Fsp3) is 0.333. The molecule has 0 fully saturated rings. The lowest BCUT2D eigenvalue weighted by atomic mass is 10.1. The summed E-state index contributed by atoms with van der Waals surface area (Å²) in [5.74, 6) is 0. The van der Waals surface area contributed by atoms with Crippen molar-refractivity contribution in [3.8, 4) is 0 Å². The van der Waals surface area contributed by atoms with Gasteiger partial charge in [0.1, 0.15) is 0 Å². The molecule has 0 aliphatic heterocycles. The minimum absolute atomic E-state index is 0.622. The van der Waals surface area contributed by atoms with Crippen LogP contribution in [0, 0.1) is 0 Å². The van der Waals surface area contributed by atoms with E-state index in [1.807, 2.05) is 6.07 Å². The van der Waals surface area contributed by atoms with E-state index in [1.165, 1.54) is 12.1 Å². The SMILES string of the molecule is CCCCN(c1ccccc1)c1ccc(CCN)c(Cl)c1. The molecule has 0 amide bonds. The van der Waals surface area contributed by atoms with E-state index in [0.717, 1.165) is 35.7 Å². The number of anilines is 2. The highest BCUT2D eigenvalue weighted by Crippen LogP contribution is 2.29. The third-order valence-corrected chi connectivity index (χ3v) is 3.92. The van der Waals surface area contributed by atoms with Gasteiger partial charge in [0.05, 0.1) is 0 Å². The largest absolute Gasteiger partial charge is 0.341 e. The van der Waals surface area contributed by atoms with E-state index in [0.29, 0.717) is 6.54 Å². The van der Waals surface area contributed by atoms with Gasteiger partial charge < -0.3 is 10.6 Å². The first-order valence-electron chi connectivity index (χ1n) is 7.57. The lowest BCUT2D eigenvalue weighted by Crippen LogP contribution is -2.18. The summed E-state index contributed by atoms with van der Waals surface area (Å²) < 4.78 is 0. The summed E-state index contributed by atoms with van der Waals surface area (Å²) in [5, 5.41) is 0.801. The molecule has 3 heteroatoms.